The van der Waals surface area contributed by atoms with E-state index in [1.165, 1.54) is 16.7 Å². The molecule has 1 heterocycles. The number of anilines is 2. The smallest absolute Gasteiger partial charge is 0.270 e. The Morgan fingerprint density at radius 2 is 1.78 bits per heavy atom. The maximum atomic E-state index is 13.1. The Hall–Kier alpha value is -3.04. The molecular weight excluding hydrogens is 551 g/mol. The minimum Gasteiger partial charge on any atom is -0.490 e. The quantitative estimate of drug-likeness (QED) is 0.229. The van der Waals surface area contributed by atoms with E-state index in [9.17, 15) is 9.59 Å². The van der Waals surface area contributed by atoms with Crippen LogP contribution in [0.3, 0.4) is 0 Å². The van der Waals surface area contributed by atoms with Gasteiger partial charge in [0.1, 0.15) is 0 Å². The Bertz CT molecular complexity index is 1390. The molecule has 1 saturated heterocycles. The van der Waals surface area contributed by atoms with Gasteiger partial charge in [0.15, 0.2) is 22.4 Å². The van der Waals surface area contributed by atoms with Crippen molar-refractivity contribution >= 4 is 80.8 Å². The molecule has 1 aliphatic rings. The van der Waals surface area contributed by atoms with Crippen molar-refractivity contribution in [3.63, 3.8) is 0 Å². The van der Waals surface area contributed by atoms with Crippen LogP contribution in [0.25, 0.3) is 6.08 Å². The standard InChI is InChI=1S/C27H22Cl2N2O4S2/c1-3-34-23-12-17(6-11-22(23)35-15-25(32)30-18-7-4-16(2)5-8-18)13-24-26(33)31(27(36)37-24)19-9-10-20(28)21(29)14-19/h4-14H,3,15H2,1-2H3,(H,30,32)/b24-13-. The summed E-state index contributed by atoms with van der Waals surface area (Å²) in [6.45, 7) is 4.04. The van der Waals surface area contributed by atoms with Gasteiger partial charge < -0.3 is 14.8 Å². The molecule has 1 aliphatic heterocycles. The maximum absolute atomic E-state index is 13.1. The summed E-state index contributed by atoms with van der Waals surface area (Å²) in [5.74, 6) is 0.321. The molecule has 0 radical (unpaired) electrons. The predicted octanol–water partition coefficient (Wildman–Crippen LogP) is 7.12. The zero-order valence-electron chi connectivity index (χ0n) is 19.9. The molecule has 10 heteroatoms. The molecule has 0 spiro atoms. The molecule has 190 valence electrons. The molecular formula is C27H22Cl2N2O4S2. The van der Waals surface area contributed by atoms with E-state index in [4.69, 9.17) is 44.9 Å². The third-order valence-electron chi connectivity index (χ3n) is 5.21. The number of hydrogen-bond donors (Lipinski definition) is 1. The number of benzene rings is 3. The van der Waals surface area contributed by atoms with E-state index in [0.29, 0.717) is 48.8 Å². The van der Waals surface area contributed by atoms with Crippen molar-refractivity contribution in [3.8, 4) is 11.5 Å². The fraction of sp³-hybridized carbons (Fsp3) is 0.148. The molecule has 0 aromatic heterocycles. The van der Waals surface area contributed by atoms with Crippen LogP contribution < -0.4 is 19.7 Å². The van der Waals surface area contributed by atoms with Crippen LogP contribution in [0.5, 0.6) is 11.5 Å². The van der Waals surface area contributed by atoms with E-state index >= 15 is 0 Å². The van der Waals surface area contributed by atoms with Crippen LogP contribution in [0.15, 0.2) is 65.6 Å². The van der Waals surface area contributed by atoms with E-state index in [1.807, 2.05) is 38.1 Å². The Kier molecular flexibility index (Phi) is 8.76. The molecule has 0 atom stereocenters. The zero-order valence-corrected chi connectivity index (χ0v) is 23.1. The molecule has 2 amide bonds. The first kappa shape index (κ1) is 27.0. The SMILES string of the molecule is CCOc1cc(/C=C2\SC(=S)N(c3ccc(Cl)c(Cl)c3)C2=O)ccc1OCC(=O)Nc1ccc(C)cc1. The lowest BCUT2D eigenvalue weighted by Crippen LogP contribution is -2.27. The number of carbonyl (C=O) groups is 2. The minimum absolute atomic E-state index is 0.185. The van der Waals surface area contributed by atoms with E-state index in [-0.39, 0.29) is 18.4 Å². The van der Waals surface area contributed by atoms with Gasteiger partial charge in [0.2, 0.25) is 0 Å². The van der Waals surface area contributed by atoms with Gasteiger partial charge in [-0.2, -0.15) is 0 Å². The number of thioether (sulfide) groups is 1. The van der Waals surface area contributed by atoms with Crippen molar-refractivity contribution < 1.29 is 19.1 Å². The van der Waals surface area contributed by atoms with E-state index in [1.54, 1.807) is 42.5 Å². The highest BCUT2D eigenvalue weighted by atomic mass is 35.5. The fourth-order valence-electron chi connectivity index (χ4n) is 3.45. The molecule has 4 rings (SSSR count). The summed E-state index contributed by atoms with van der Waals surface area (Å²) in [6.07, 6.45) is 1.73. The van der Waals surface area contributed by atoms with E-state index in [2.05, 4.69) is 5.32 Å². The number of amides is 2. The molecule has 0 aliphatic carbocycles. The largest absolute Gasteiger partial charge is 0.490 e. The second-order valence-corrected chi connectivity index (χ2v) is 10.4. The maximum Gasteiger partial charge on any atom is 0.270 e. The lowest BCUT2D eigenvalue weighted by molar-refractivity contribution is -0.118. The number of thiocarbonyl (C=S) groups is 1. The summed E-state index contributed by atoms with van der Waals surface area (Å²) in [4.78, 5) is 27.3. The summed E-state index contributed by atoms with van der Waals surface area (Å²) < 4.78 is 11.8. The number of ether oxygens (including phenoxy) is 2. The molecule has 1 fully saturated rings. The van der Waals surface area contributed by atoms with Crippen LogP contribution in [-0.4, -0.2) is 29.3 Å². The van der Waals surface area contributed by atoms with Crippen molar-refractivity contribution in [2.24, 2.45) is 0 Å². The lowest BCUT2D eigenvalue weighted by Gasteiger charge is -2.15. The van der Waals surface area contributed by atoms with Gasteiger partial charge in [-0.05, 0) is 68.0 Å². The Balaban J connectivity index is 1.48. The van der Waals surface area contributed by atoms with Crippen molar-refractivity contribution in [3.05, 3.63) is 86.7 Å². The van der Waals surface area contributed by atoms with Crippen LogP contribution in [0.4, 0.5) is 11.4 Å². The highest BCUT2D eigenvalue weighted by molar-refractivity contribution is 8.27. The Labute approximate surface area is 234 Å². The van der Waals surface area contributed by atoms with Crippen molar-refractivity contribution in [1.82, 2.24) is 0 Å². The summed E-state index contributed by atoms with van der Waals surface area (Å²) >= 11 is 18.7. The van der Waals surface area contributed by atoms with Gasteiger partial charge in [-0.15, -0.1) is 0 Å². The van der Waals surface area contributed by atoms with Crippen LogP contribution in [-0.2, 0) is 9.59 Å². The van der Waals surface area contributed by atoms with Crippen LogP contribution in [0.1, 0.15) is 18.1 Å². The number of nitrogens with one attached hydrogen (secondary N) is 1. The molecule has 0 bridgehead atoms. The molecule has 37 heavy (non-hydrogen) atoms. The number of aryl methyl sites for hydroxylation is 1. The van der Waals surface area contributed by atoms with Gasteiger partial charge in [-0.1, -0.05) is 70.9 Å². The number of nitrogens with zero attached hydrogens (tertiary/aromatic N) is 1. The number of halogens is 2. The van der Waals surface area contributed by atoms with Gasteiger partial charge in [-0.3, -0.25) is 14.5 Å². The first-order chi connectivity index (χ1) is 17.7. The summed E-state index contributed by atoms with van der Waals surface area (Å²) in [6, 6.07) is 17.6. The second kappa shape index (κ2) is 12.0. The van der Waals surface area contributed by atoms with Gasteiger partial charge in [0, 0.05) is 5.69 Å². The Morgan fingerprint density at radius 3 is 2.49 bits per heavy atom. The highest BCUT2D eigenvalue weighted by Crippen LogP contribution is 2.39. The van der Waals surface area contributed by atoms with Crippen molar-refractivity contribution in [1.29, 1.82) is 0 Å². The number of hydrogen-bond acceptors (Lipinski definition) is 6. The van der Waals surface area contributed by atoms with Gasteiger partial charge in [-0.25, -0.2) is 0 Å². The fourth-order valence-corrected chi connectivity index (χ4v) is 5.04. The zero-order chi connectivity index (χ0) is 26.5. The third-order valence-corrected chi connectivity index (χ3v) is 7.26. The number of carbonyl (C=O) groups excluding carboxylic acids is 2. The molecule has 6 nitrogen and oxygen atoms in total. The lowest BCUT2D eigenvalue weighted by atomic mass is 10.1. The van der Waals surface area contributed by atoms with Crippen LogP contribution in [0.2, 0.25) is 10.0 Å². The van der Waals surface area contributed by atoms with Gasteiger partial charge in [0.25, 0.3) is 11.8 Å². The molecule has 0 unspecified atom stereocenters. The summed E-state index contributed by atoms with van der Waals surface area (Å²) in [5, 5.41) is 3.52. The highest BCUT2D eigenvalue weighted by Gasteiger charge is 2.33. The van der Waals surface area contributed by atoms with Crippen LogP contribution >= 0.6 is 47.2 Å². The molecule has 3 aromatic rings. The average Bonchev–Trinajstić information content (AvgIpc) is 3.14. The van der Waals surface area contributed by atoms with Crippen molar-refractivity contribution in [2.75, 3.05) is 23.4 Å². The number of rotatable bonds is 8. The topological polar surface area (TPSA) is 67.9 Å². The molecule has 0 saturated carbocycles. The van der Waals surface area contributed by atoms with Crippen LogP contribution in [0, 0.1) is 6.92 Å². The van der Waals surface area contributed by atoms with Gasteiger partial charge in [0.05, 0.1) is 27.2 Å². The summed E-state index contributed by atoms with van der Waals surface area (Å²) in [5.41, 5.74) is 3.06. The molecule has 1 N–H and O–H groups in total. The Morgan fingerprint density at radius 1 is 1.03 bits per heavy atom. The van der Waals surface area contributed by atoms with E-state index < -0.39 is 0 Å². The predicted molar refractivity (Wildman–Crippen MR) is 155 cm³/mol. The van der Waals surface area contributed by atoms with Crippen molar-refractivity contribution in [2.45, 2.75) is 13.8 Å². The van der Waals surface area contributed by atoms with Gasteiger partial charge >= 0.3 is 0 Å². The molecule has 3 aromatic carbocycles. The first-order valence-corrected chi connectivity index (χ1v) is 13.2. The normalized spacial score (nSPS) is 14.3. The third kappa shape index (κ3) is 6.64. The average molecular weight is 574 g/mol. The van der Waals surface area contributed by atoms with E-state index in [0.717, 1.165) is 11.1 Å². The second-order valence-electron chi connectivity index (χ2n) is 7.96. The monoisotopic (exact) mass is 572 g/mol. The minimum atomic E-state index is -0.290. The first-order valence-electron chi connectivity index (χ1n) is 11.2. The summed E-state index contributed by atoms with van der Waals surface area (Å²) in [7, 11) is 0.